The fraction of sp³-hybridized carbons (Fsp3) is 0.357. The molecular weight excluding hydrogens is 377 g/mol. The van der Waals surface area contributed by atoms with E-state index in [9.17, 15) is 21.6 Å². The second kappa shape index (κ2) is 6.46. The van der Waals surface area contributed by atoms with E-state index >= 15 is 0 Å². The molecule has 11 heteroatoms. The maximum absolute atomic E-state index is 12.6. The van der Waals surface area contributed by atoms with E-state index in [1.807, 2.05) is 9.80 Å². The van der Waals surface area contributed by atoms with Crippen LogP contribution in [0.3, 0.4) is 0 Å². The Balaban J connectivity index is 1.65. The second-order valence-electron chi connectivity index (χ2n) is 5.53. The summed E-state index contributed by atoms with van der Waals surface area (Å²) in [5.41, 5.74) is -0.0318. The summed E-state index contributed by atoms with van der Waals surface area (Å²) in [4.78, 5) is 7.55. The van der Waals surface area contributed by atoms with Crippen molar-refractivity contribution in [1.82, 2.24) is 4.98 Å². The maximum Gasteiger partial charge on any atom is 0.434 e. The summed E-state index contributed by atoms with van der Waals surface area (Å²) in [7, 11) is -3.73. The van der Waals surface area contributed by atoms with E-state index in [4.69, 9.17) is 5.14 Å². The van der Waals surface area contributed by atoms with Crippen LogP contribution in [0.5, 0.6) is 0 Å². The molecule has 2 N–H and O–H groups in total. The molecule has 0 atom stereocenters. The third kappa shape index (κ3) is 4.05. The molecule has 0 radical (unpaired) electrons. The minimum atomic E-state index is -4.43. The molecule has 1 saturated heterocycles. The van der Waals surface area contributed by atoms with Crippen LogP contribution in [0, 0.1) is 0 Å². The number of rotatable bonds is 3. The number of nitrogens with zero attached hydrogens (tertiary/aromatic N) is 3. The van der Waals surface area contributed by atoms with Crippen molar-refractivity contribution in [3.05, 3.63) is 35.3 Å². The van der Waals surface area contributed by atoms with Gasteiger partial charge in [0.25, 0.3) is 0 Å². The number of nitrogens with two attached hydrogens (primary N) is 1. The highest BCUT2D eigenvalue weighted by molar-refractivity contribution is 7.89. The number of hydrogen-bond donors (Lipinski definition) is 1. The van der Waals surface area contributed by atoms with E-state index in [0.29, 0.717) is 31.3 Å². The summed E-state index contributed by atoms with van der Waals surface area (Å²) in [5, 5.41) is 6.45. The molecule has 6 nitrogen and oxygen atoms in total. The SMILES string of the molecule is NS(=O)(=O)c1ccc(N2CCN(c3nc(C(F)(F)F)cs3)CC2)cc1. The molecule has 3 rings (SSSR count). The van der Waals surface area contributed by atoms with Crippen molar-refractivity contribution in [2.24, 2.45) is 5.14 Å². The fourth-order valence-corrected chi connectivity index (χ4v) is 3.94. The van der Waals surface area contributed by atoms with Gasteiger partial charge < -0.3 is 9.80 Å². The Kier molecular flexibility index (Phi) is 4.64. The zero-order valence-electron chi connectivity index (χ0n) is 12.9. The van der Waals surface area contributed by atoms with Crippen LogP contribution in [0.15, 0.2) is 34.5 Å². The molecule has 1 aromatic heterocycles. The van der Waals surface area contributed by atoms with Gasteiger partial charge in [0.05, 0.1) is 4.90 Å². The molecule has 2 heterocycles. The highest BCUT2D eigenvalue weighted by Crippen LogP contribution is 2.33. The van der Waals surface area contributed by atoms with Crippen molar-refractivity contribution in [3.63, 3.8) is 0 Å². The molecule has 0 spiro atoms. The Hall–Kier alpha value is -1.85. The quantitative estimate of drug-likeness (QED) is 0.866. The number of benzene rings is 1. The van der Waals surface area contributed by atoms with Crippen LogP contribution in [-0.4, -0.2) is 39.6 Å². The zero-order chi connectivity index (χ0) is 18.2. The third-order valence-electron chi connectivity index (χ3n) is 3.86. The monoisotopic (exact) mass is 392 g/mol. The Labute approximate surface area is 146 Å². The number of aromatic nitrogens is 1. The van der Waals surface area contributed by atoms with Gasteiger partial charge in [0.1, 0.15) is 0 Å². The molecule has 0 unspecified atom stereocenters. The second-order valence-corrected chi connectivity index (χ2v) is 7.92. The van der Waals surface area contributed by atoms with Crippen LogP contribution in [-0.2, 0) is 16.2 Å². The van der Waals surface area contributed by atoms with Crippen LogP contribution in [0.25, 0.3) is 0 Å². The topological polar surface area (TPSA) is 79.5 Å². The molecule has 0 bridgehead atoms. The van der Waals surface area contributed by atoms with Gasteiger partial charge in [0.2, 0.25) is 10.0 Å². The lowest BCUT2D eigenvalue weighted by molar-refractivity contribution is -0.140. The van der Waals surface area contributed by atoms with Crippen LogP contribution in [0.2, 0.25) is 0 Å². The average molecular weight is 392 g/mol. The highest BCUT2D eigenvalue weighted by atomic mass is 32.2. The summed E-state index contributed by atoms with van der Waals surface area (Å²) < 4.78 is 60.4. The predicted octanol–water partition coefficient (Wildman–Crippen LogP) is 2.14. The van der Waals surface area contributed by atoms with Crippen LogP contribution in [0.4, 0.5) is 24.0 Å². The van der Waals surface area contributed by atoms with E-state index in [-0.39, 0.29) is 4.90 Å². The number of piperazine rings is 1. The Bertz CT molecular complexity index is 842. The first-order chi connectivity index (χ1) is 11.6. The van der Waals surface area contributed by atoms with Crippen LogP contribution < -0.4 is 14.9 Å². The van der Waals surface area contributed by atoms with E-state index in [2.05, 4.69) is 4.98 Å². The minimum Gasteiger partial charge on any atom is -0.368 e. The maximum atomic E-state index is 12.6. The zero-order valence-corrected chi connectivity index (χ0v) is 14.5. The van der Waals surface area contributed by atoms with Crippen molar-refractivity contribution in [2.75, 3.05) is 36.0 Å². The number of anilines is 2. The van der Waals surface area contributed by atoms with Gasteiger partial charge in [-0.1, -0.05) is 0 Å². The Morgan fingerprint density at radius 1 is 1.04 bits per heavy atom. The Morgan fingerprint density at radius 3 is 2.08 bits per heavy atom. The van der Waals surface area contributed by atoms with E-state index in [1.54, 1.807) is 12.1 Å². The van der Waals surface area contributed by atoms with E-state index in [0.717, 1.165) is 22.4 Å². The third-order valence-corrected chi connectivity index (χ3v) is 5.69. The molecular formula is C14H15F3N4O2S2. The van der Waals surface area contributed by atoms with Crippen LogP contribution in [0.1, 0.15) is 5.69 Å². The molecule has 0 aliphatic carbocycles. The summed E-state index contributed by atoms with van der Waals surface area (Å²) >= 11 is 0.980. The number of primary sulfonamides is 1. The highest BCUT2D eigenvalue weighted by Gasteiger charge is 2.34. The first kappa shape index (κ1) is 18.0. The molecule has 1 aliphatic rings. The van der Waals surface area contributed by atoms with Crippen molar-refractivity contribution in [2.45, 2.75) is 11.1 Å². The number of halogens is 3. The van der Waals surface area contributed by atoms with Gasteiger partial charge >= 0.3 is 6.18 Å². The molecule has 1 aliphatic heterocycles. The Morgan fingerprint density at radius 2 is 1.60 bits per heavy atom. The molecule has 0 amide bonds. The van der Waals surface area contributed by atoms with Crippen LogP contribution >= 0.6 is 11.3 Å². The standard InChI is InChI=1S/C14H15F3N4O2S2/c15-14(16,17)12-9-24-13(19-12)21-7-5-20(6-8-21)10-1-3-11(4-2-10)25(18,22)23/h1-4,9H,5-8H2,(H2,18,22,23). The summed E-state index contributed by atoms with van der Waals surface area (Å²) in [6.07, 6.45) is -4.43. The number of thiazole rings is 1. The first-order valence-corrected chi connectivity index (χ1v) is 9.73. The smallest absolute Gasteiger partial charge is 0.368 e. The average Bonchev–Trinajstić information content (AvgIpc) is 3.05. The largest absolute Gasteiger partial charge is 0.434 e. The molecule has 25 heavy (non-hydrogen) atoms. The predicted molar refractivity (Wildman–Crippen MR) is 89.4 cm³/mol. The number of hydrogen-bond acceptors (Lipinski definition) is 6. The summed E-state index contributed by atoms with van der Waals surface area (Å²) in [6, 6.07) is 6.21. The van der Waals surface area contributed by atoms with Gasteiger partial charge in [-0.15, -0.1) is 11.3 Å². The van der Waals surface area contributed by atoms with Gasteiger partial charge in [-0.05, 0) is 24.3 Å². The lowest BCUT2D eigenvalue weighted by Crippen LogP contribution is -2.46. The van der Waals surface area contributed by atoms with Crippen molar-refractivity contribution in [1.29, 1.82) is 0 Å². The fourth-order valence-electron chi connectivity index (χ4n) is 2.54. The first-order valence-electron chi connectivity index (χ1n) is 7.30. The van der Waals surface area contributed by atoms with Gasteiger partial charge in [-0.25, -0.2) is 18.5 Å². The minimum absolute atomic E-state index is 0.0392. The van der Waals surface area contributed by atoms with E-state index < -0.39 is 21.9 Å². The summed E-state index contributed by atoms with van der Waals surface area (Å²) in [5.74, 6) is 0. The molecule has 2 aromatic rings. The molecule has 0 saturated carbocycles. The van der Waals surface area contributed by atoms with Gasteiger partial charge in [-0.2, -0.15) is 13.2 Å². The lowest BCUT2D eigenvalue weighted by Gasteiger charge is -2.36. The molecule has 136 valence electrons. The van der Waals surface area contributed by atoms with Gasteiger partial charge in [0.15, 0.2) is 10.8 Å². The van der Waals surface area contributed by atoms with Gasteiger partial charge in [-0.3, -0.25) is 0 Å². The lowest BCUT2D eigenvalue weighted by atomic mass is 10.2. The van der Waals surface area contributed by atoms with Gasteiger partial charge in [0, 0.05) is 37.2 Å². The number of sulfonamides is 1. The van der Waals surface area contributed by atoms with Crippen molar-refractivity contribution in [3.8, 4) is 0 Å². The van der Waals surface area contributed by atoms with Crippen molar-refractivity contribution < 1.29 is 21.6 Å². The number of alkyl halides is 3. The van der Waals surface area contributed by atoms with Crippen molar-refractivity contribution >= 4 is 32.2 Å². The summed E-state index contributed by atoms with van der Waals surface area (Å²) in [6.45, 7) is 2.24. The molecule has 1 fully saturated rings. The normalized spacial score (nSPS) is 16.3. The molecule has 1 aromatic carbocycles. The van der Waals surface area contributed by atoms with E-state index in [1.165, 1.54) is 12.1 Å².